The molecule has 3 N–H and O–H groups in total. The summed E-state index contributed by atoms with van der Waals surface area (Å²) in [5, 5.41) is 32.2. The molecule has 4 heteroatoms. The molecule has 1 saturated heterocycles. The van der Waals surface area contributed by atoms with Gasteiger partial charge in [0, 0.05) is 5.92 Å². The van der Waals surface area contributed by atoms with E-state index in [1.807, 2.05) is 19.9 Å². The van der Waals surface area contributed by atoms with Crippen LogP contribution in [0, 0.1) is 17.8 Å². The molecule has 0 amide bonds. The zero-order valence-corrected chi connectivity index (χ0v) is 11.5. The van der Waals surface area contributed by atoms with Crippen LogP contribution in [0.5, 0.6) is 0 Å². The Bertz CT molecular complexity index is 457. The molecule has 4 nitrogen and oxygen atoms in total. The molecule has 0 radical (unpaired) electrons. The molecule has 0 aromatic rings. The molecular formula is C15H22O4. The van der Waals surface area contributed by atoms with Gasteiger partial charge in [0.1, 0.15) is 6.10 Å². The highest BCUT2D eigenvalue weighted by molar-refractivity contribution is 5.34. The van der Waals surface area contributed by atoms with Crippen molar-refractivity contribution in [3.8, 4) is 0 Å². The van der Waals surface area contributed by atoms with Gasteiger partial charge in [-0.2, -0.15) is 0 Å². The summed E-state index contributed by atoms with van der Waals surface area (Å²) in [4.78, 5) is 0. The quantitative estimate of drug-likeness (QED) is 0.572. The van der Waals surface area contributed by atoms with Gasteiger partial charge in [0.25, 0.3) is 0 Å². The van der Waals surface area contributed by atoms with E-state index in [2.05, 4.69) is 6.58 Å². The third-order valence-corrected chi connectivity index (χ3v) is 5.41. The Morgan fingerprint density at radius 3 is 2.79 bits per heavy atom. The van der Waals surface area contributed by atoms with Gasteiger partial charge in [-0.3, -0.25) is 0 Å². The van der Waals surface area contributed by atoms with Gasteiger partial charge in [-0.05, 0) is 37.2 Å². The fourth-order valence-corrected chi connectivity index (χ4v) is 4.15. The van der Waals surface area contributed by atoms with E-state index in [4.69, 9.17) is 4.74 Å². The van der Waals surface area contributed by atoms with Crippen molar-refractivity contribution < 1.29 is 20.1 Å². The topological polar surface area (TPSA) is 69.9 Å². The summed E-state index contributed by atoms with van der Waals surface area (Å²) >= 11 is 0. The van der Waals surface area contributed by atoms with Crippen LogP contribution in [0.4, 0.5) is 0 Å². The van der Waals surface area contributed by atoms with Gasteiger partial charge in [0.15, 0.2) is 5.60 Å². The van der Waals surface area contributed by atoms with Gasteiger partial charge in [-0.15, -0.1) is 0 Å². The number of rotatable bonds is 0. The molecule has 0 unspecified atom stereocenters. The number of ether oxygens (including phenoxy) is 1. The summed E-state index contributed by atoms with van der Waals surface area (Å²) in [6, 6.07) is 0. The molecular weight excluding hydrogens is 244 g/mol. The van der Waals surface area contributed by atoms with E-state index in [1.165, 1.54) is 5.57 Å². The lowest BCUT2D eigenvalue weighted by Crippen LogP contribution is -2.70. The van der Waals surface area contributed by atoms with Crippen molar-refractivity contribution in [2.45, 2.75) is 44.2 Å². The first kappa shape index (κ1) is 13.3. The predicted octanol–water partition coefficient (Wildman–Crippen LogP) is 0.976. The second-order valence-corrected chi connectivity index (χ2v) is 6.40. The smallest absolute Gasteiger partial charge is 0.227 e. The molecule has 0 aromatic carbocycles. The number of allylic oxidation sites excluding steroid dienone is 1. The minimum atomic E-state index is -1.93. The van der Waals surface area contributed by atoms with Crippen LogP contribution in [-0.2, 0) is 4.74 Å². The fraction of sp³-hybridized carbons (Fsp3) is 0.733. The van der Waals surface area contributed by atoms with Crippen molar-refractivity contribution in [2.75, 3.05) is 6.61 Å². The van der Waals surface area contributed by atoms with Gasteiger partial charge in [0.2, 0.25) is 5.79 Å². The summed E-state index contributed by atoms with van der Waals surface area (Å²) < 4.78 is 5.35. The monoisotopic (exact) mass is 266 g/mol. The molecule has 2 fully saturated rings. The number of aliphatic hydroxyl groups excluding tert-OH is 1. The molecule has 3 rings (SSSR count). The van der Waals surface area contributed by atoms with E-state index in [0.29, 0.717) is 5.57 Å². The van der Waals surface area contributed by atoms with Gasteiger partial charge in [-0.1, -0.05) is 25.2 Å². The Morgan fingerprint density at radius 2 is 2.11 bits per heavy atom. The lowest BCUT2D eigenvalue weighted by Gasteiger charge is -2.55. The van der Waals surface area contributed by atoms with Crippen molar-refractivity contribution in [3.05, 3.63) is 23.8 Å². The van der Waals surface area contributed by atoms with Crippen LogP contribution in [0.1, 0.15) is 26.7 Å². The van der Waals surface area contributed by atoms with Gasteiger partial charge < -0.3 is 20.1 Å². The largest absolute Gasteiger partial charge is 0.387 e. The normalized spacial score (nSPS) is 53.5. The SMILES string of the molecule is C=C1CO[C@]2(O)[C@@H](O)[C@H](C)[C@H]3CCC(C)=C[C@@H]3[C@]12O. The Morgan fingerprint density at radius 1 is 1.42 bits per heavy atom. The van der Waals surface area contributed by atoms with Crippen LogP contribution < -0.4 is 0 Å². The fourth-order valence-electron chi connectivity index (χ4n) is 4.15. The Balaban J connectivity index is 2.15. The first-order valence-corrected chi connectivity index (χ1v) is 6.94. The van der Waals surface area contributed by atoms with Crippen molar-refractivity contribution in [3.63, 3.8) is 0 Å². The van der Waals surface area contributed by atoms with E-state index < -0.39 is 17.5 Å². The Hall–Kier alpha value is -0.680. The molecule has 106 valence electrons. The second kappa shape index (κ2) is 3.92. The zero-order chi connectivity index (χ0) is 14.0. The van der Waals surface area contributed by atoms with Crippen LogP contribution in [0.15, 0.2) is 23.8 Å². The molecule has 2 aliphatic carbocycles. The van der Waals surface area contributed by atoms with Gasteiger partial charge in [0.05, 0.1) is 6.61 Å². The van der Waals surface area contributed by atoms with E-state index in [9.17, 15) is 15.3 Å². The van der Waals surface area contributed by atoms with Crippen molar-refractivity contribution in [1.82, 2.24) is 0 Å². The average molecular weight is 266 g/mol. The summed E-state index contributed by atoms with van der Waals surface area (Å²) in [5.41, 5.74) is 0.0906. The number of hydrogen-bond acceptors (Lipinski definition) is 4. The molecule has 19 heavy (non-hydrogen) atoms. The maximum atomic E-state index is 11.1. The lowest BCUT2D eigenvalue weighted by atomic mass is 9.56. The molecule has 3 aliphatic rings. The molecule has 1 heterocycles. The predicted molar refractivity (Wildman–Crippen MR) is 70.1 cm³/mol. The van der Waals surface area contributed by atoms with Crippen LogP contribution in [0.3, 0.4) is 0 Å². The Labute approximate surface area is 113 Å². The number of hydrogen-bond donors (Lipinski definition) is 3. The van der Waals surface area contributed by atoms with Crippen molar-refractivity contribution >= 4 is 0 Å². The third kappa shape index (κ3) is 1.43. The highest BCUT2D eigenvalue weighted by Gasteiger charge is 2.70. The van der Waals surface area contributed by atoms with Crippen LogP contribution in [-0.4, -0.2) is 39.4 Å². The van der Waals surface area contributed by atoms with Crippen LogP contribution >= 0.6 is 0 Å². The van der Waals surface area contributed by atoms with E-state index in [-0.39, 0.29) is 24.4 Å². The molecule has 6 atom stereocenters. The molecule has 1 aliphatic heterocycles. The number of aliphatic hydroxyl groups is 3. The summed E-state index contributed by atoms with van der Waals surface area (Å²) in [6.45, 7) is 7.90. The first-order valence-electron chi connectivity index (χ1n) is 6.94. The third-order valence-electron chi connectivity index (χ3n) is 5.41. The number of fused-ring (bicyclic) bond motifs is 3. The van der Waals surface area contributed by atoms with Crippen molar-refractivity contribution in [2.24, 2.45) is 17.8 Å². The maximum absolute atomic E-state index is 11.1. The standard InChI is InChI=1S/C15H22O4/c1-8-4-5-11-10(3)13(16)15(18)14(17,12(11)6-8)9(2)7-19-15/h6,10-13,16-18H,2,4-5,7H2,1,3H3/t10-,11-,12+,13+,14-,15-/m1/s1. The highest BCUT2D eigenvalue weighted by atomic mass is 16.7. The van der Waals surface area contributed by atoms with Crippen molar-refractivity contribution in [1.29, 1.82) is 0 Å². The molecule has 1 saturated carbocycles. The van der Waals surface area contributed by atoms with Crippen LogP contribution in [0.2, 0.25) is 0 Å². The summed E-state index contributed by atoms with van der Waals surface area (Å²) in [5.74, 6) is -2.15. The maximum Gasteiger partial charge on any atom is 0.227 e. The minimum Gasteiger partial charge on any atom is -0.387 e. The molecule has 0 spiro atoms. The van der Waals surface area contributed by atoms with E-state index in [0.717, 1.165) is 12.8 Å². The van der Waals surface area contributed by atoms with E-state index in [1.54, 1.807) is 0 Å². The van der Waals surface area contributed by atoms with E-state index >= 15 is 0 Å². The average Bonchev–Trinajstić information content (AvgIpc) is 2.63. The lowest BCUT2D eigenvalue weighted by molar-refractivity contribution is -0.338. The summed E-state index contributed by atoms with van der Waals surface area (Å²) in [6.07, 6.45) is 2.82. The Kier molecular flexibility index (Phi) is 2.74. The highest BCUT2D eigenvalue weighted by Crippen LogP contribution is 2.57. The summed E-state index contributed by atoms with van der Waals surface area (Å²) in [7, 11) is 0. The molecule has 0 bridgehead atoms. The van der Waals surface area contributed by atoms with Gasteiger partial charge >= 0.3 is 0 Å². The minimum absolute atomic E-state index is 0.0902. The molecule has 0 aromatic heterocycles. The second-order valence-electron chi connectivity index (χ2n) is 6.40. The first-order chi connectivity index (χ1) is 8.82. The van der Waals surface area contributed by atoms with Crippen LogP contribution in [0.25, 0.3) is 0 Å². The zero-order valence-electron chi connectivity index (χ0n) is 11.5. The van der Waals surface area contributed by atoms with Gasteiger partial charge in [-0.25, -0.2) is 0 Å².